The fourth-order valence-electron chi connectivity index (χ4n) is 2.67. The molecule has 0 bridgehead atoms. The Balaban J connectivity index is 2.01. The van der Waals surface area contributed by atoms with Gasteiger partial charge in [0.05, 0.1) is 0 Å². The first-order valence-corrected chi connectivity index (χ1v) is 8.27. The maximum absolute atomic E-state index is 11.4. The minimum Gasteiger partial charge on any atom is -0.409 e. The zero-order chi connectivity index (χ0) is 19.9. The Morgan fingerprint density at radius 2 is 1.18 bits per heavy atom. The van der Waals surface area contributed by atoms with Gasteiger partial charge in [0.25, 0.3) is 0 Å². The van der Waals surface area contributed by atoms with Gasteiger partial charge in [-0.3, -0.25) is 10.9 Å². The number of ether oxygens (including phenoxy) is 2. The zero-order valence-corrected chi connectivity index (χ0v) is 14.7. The Morgan fingerprint density at radius 3 is 1.79 bits per heavy atom. The van der Waals surface area contributed by atoms with Gasteiger partial charge in [0.2, 0.25) is 0 Å². The third-order valence-corrected chi connectivity index (χ3v) is 3.90. The minimum absolute atomic E-state index is 0.334. The van der Waals surface area contributed by atoms with Crippen LogP contribution in [0.1, 0.15) is 0 Å². The molecule has 0 spiro atoms. The average molecular weight is 378 g/mol. The second-order valence-corrected chi connectivity index (χ2v) is 5.67. The molecule has 0 fully saturated rings. The quantitative estimate of drug-likeness (QED) is 0.314. The summed E-state index contributed by atoms with van der Waals surface area (Å²) in [5.41, 5.74) is 7.41. The van der Waals surface area contributed by atoms with E-state index in [1.54, 1.807) is 36.4 Å². The molecule has 0 aliphatic carbocycles. The van der Waals surface area contributed by atoms with E-state index in [0.717, 1.165) is 22.3 Å². The molecule has 0 heterocycles. The number of nitrogens with one attached hydrogen (secondary N) is 2. The smallest absolute Gasteiger partial charge is 0.409 e. The van der Waals surface area contributed by atoms with Gasteiger partial charge in [0.1, 0.15) is 11.5 Å². The van der Waals surface area contributed by atoms with Gasteiger partial charge >= 0.3 is 12.2 Å². The summed E-state index contributed by atoms with van der Waals surface area (Å²) in [6.07, 6.45) is -1.53. The van der Waals surface area contributed by atoms with Crippen molar-refractivity contribution < 1.29 is 19.1 Å². The third kappa shape index (κ3) is 4.44. The fourth-order valence-corrected chi connectivity index (χ4v) is 2.67. The van der Waals surface area contributed by atoms with Gasteiger partial charge in [0, 0.05) is 0 Å². The lowest BCUT2D eigenvalue weighted by Gasteiger charge is -2.13. The maximum Gasteiger partial charge on any atom is 0.426 e. The number of hydrazine groups is 2. The van der Waals surface area contributed by atoms with Gasteiger partial charge in [-0.25, -0.2) is 21.3 Å². The van der Waals surface area contributed by atoms with Gasteiger partial charge in [-0.15, -0.1) is 0 Å². The van der Waals surface area contributed by atoms with Crippen LogP contribution in [0.4, 0.5) is 9.59 Å². The molecule has 28 heavy (non-hydrogen) atoms. The number of hydrogen-bond acceptors (Lipinski definition) is 6. The molecule has 142 valence electrons. The van der Waals surface area contributed by atoms with Crippen molar-refractivity contribution in [3.63, 3.8) is 0 Å². The molecule has 6 N–H and O–H groups in total. The normalized spacial score (nSPS) is 10.1. The van der Waals surface area contributed by atoms with E-state index >= 15 is 0 Å². The van der Waals surface area contributed by atoms with Crippen molar-refractivity contribution in [3.8, 4) is 33.8 Å². The number of amides is 2. The van der Waals surface area contributed by atoms with E-state index in [9.17, 15) is 9.59 Å². The van der Waals surface area contributed by atoms with E-state index in [-0.39, 0.29) is 0 Å². The van der Waals surface area contributed by atoms with Gasteiger partial charge in [-0.05, 0) is 46.5 Å². The molecule has 0 atom stereocenters. The molecular weight excluding hydrogens is 360 g/mol. The first-order chi connectivity index (χ1) is 13.6. The molecule has 2 amide bonds. The van der Waals surface area contributed by atoms with Crippen LogP contribution in [0.2, 0.25) is 0 Å². The second-order valence-electron chi connectivity index (χ2n) is 5.67. The standard InChI is InChI=1S/C20H18N4O4/c21-23-19(25)27-15-8-6-14(7-9-15)18-12-16(28-20(26)24-22)10-11-17(18)13-4-2-1-3-5-13/h1-12H,21-22H2,(H,23,25)(H,24,26). The molecule has 0 aromatic heterocycles. The van der Waals surface area contributed by atoms with Crippen LogP contribution in [0.25, 0.3) is 22.3 Å². The molecule has 0 unspecified atom stereocenters. The van der Waals surface area contributed by atoms with Gasteiger partial charge < -0.3 is 9.47 Å². The van der Waals surface area contributed by atoms with Crippen LogP contribution >= 0.6 is 0 Å². The van der Waals surface area contributed by atoms with Crippen molar-refractivity contribution in [1.29, 1.82) is 0 Å². The molecule has 3 aromatic carbocycles. The van der Waals surface area contributed by atoms with Crippen molar-refractivity contribution in [2.45, 2.75) is 0 Å². The number of carbonyl (C=O) groups excluding carboxylic acids is 2. The molecule has 3 aromatic rings. The van der Waals surface area contributed by atoms with Gasteiger partial charge in [-0.1, -0.05) is 48.5 Å². The summed E-state index contributed by atoms with van der Waals surface area (Å²) in [5, 5.41) is 0. The lowest BCUT2D eigenvalue weighted by molar-refractivity contribution is 0.200. The van der Waals surface area contributed by atoms with Crippen LogP contribution < -0.4 is 32.0 Å². The predicted octanol–water partition coefficient (Wildman–Crippen LogP) is 2.94. The Labute approximate surface area is 161 Å². The molecule has 0 saturated carbocycles. The molecule has 0 aliphatic heterocycles. The summed E-state index contributed by atoms with van der Waals surface area (Å²) in [6, 6.07) is 21.9. The van der Waals surface area contributed by atoms with Crippen molar-refractivity contribution in [1.82, 2.24) is 10.9 Å². The van der Waals surface area contributed by atoms with Crippen LogP contribution in [0.3, 0.4) is 0 Å². The third-order valence-electron chi connectivity index (χ3n) is 3.90. The zero-order valence-electron chi connectivity index (χ0n) is 14.7. The lowest BCUT2D eigenvalue weighted by atomic mass is 9.94. The van der Waals surface area contributed by atoms with Crippen molar-refractivity contribution >= 4 is 12.2 Å². The van der Waals surface area contributed by atoms with E-state index in [0.29, 0.717) is 11.5 Å². The van der Waals surface area contributed by atoms with E-state index in [2.05, 4.69) is 0 Å². The summed E-state index contributed by atoms with van der Waals surface area (Å²) in [7, 11) is 0. The van der Waals surface area contributed by atoms with Crippen molar-refractivity contribution in [2.75, 3.05) is 0 Å². The summed E-state index contributed by atoms with van der Waals surface area (Å²) < 4.78 is 10.1. The Kier molecular flexibility index (Phi) is 5.85. The number of hydrogen-bond donors (Lipinski definition) is 4. The molecule has 0 saturated heterocycles. The maximum atomic E-state index is 11.4. The van der Waals surface area contributed by atoms with Crippen LogP contribution in [0.5, 0.6) is 11.5 Å². The molecule has 0 aliphatic rings. The highest BCUT2D eigenvalue weighted by atomic mass is 16.6. The Bertz CT molecular complexity index is 975. The van der Waals surface area contributed by atoms with E-state index in [1.165, 1.54) is 0 Å². The van der Waals surface area contributed by atoms with Crippen LogP contribution in [0.15, 0.2) is 72.8 Å². The number of carbonyl (C=O) groups is 2. The summed E-state index contributed by atoms with van der Waals surface area (Å²) >= 11 is 0. The predicted molar refractivity (Wildman–Crippen MR) is 104 cm³/mol. The Hall–Kier alpha value is -3.88. The summed E-state index contributed by atoms with van der Waals surface area (Å²) in [5.74, 6) is 10.8. The highest BCUT2D eigenvalue weighted by molar-refractivity contribution is 5.85. The number of rotatable bonds is 4. The second kappa shape index (κ2) is 8.67. The summed E-state index contributed by atoms with van der Waals surface area (Å²) in [4.78, 5) is 22.7. The Morgan fingerprint density at radius 1 is 0.643 bits per heavy atom. The fraction of sp³-hybridized carbons (Fsp3) is 0. The van der Waals surface area contributed by atoms with Crippen molar-refractivity contribution in [2.24, 2.45) is 11.7 Å². The molecule has 8 heteroatoms. The number of benzene rings is 3. The first kappa shape index (κ1) is 18.9. The molecular formula is C20H18N4O4. The SMILES string of the molecule is NNC(=O)Oc1ccc(-c2cc(OC(=O)NN)ccc2-c2ccccc2)cc1. The van der Waals surface area contributed by atoms with Gasteiger partial charge in [-0.2, -0.15) is 0 Å². The summed E-state index contributed by atoms with van der Waals surface area (Å²) in [6.45, 7) is 0. The highest BCUT2D eigenvalue weighted by Gasteiger charge is 2.12. The molecule has 0 radical (unpaired) electrons. The first-order valence-electron chi connectivity index (χ1n) is 8.27. The lowest BCUT2D eigenvalue weighted by Crippen LogP contribution is -2.32. The van der Waals surface area contributed by atoms with Crippen LogP contribution in [0, 0.1) is 0 Å². The minimum atomic E-state index is -0.769. The van der Waals surface area contributed by atoms with E-state index < -0.39 is 12.2 Å². The highest BCUT2D eigenvalue weighted by Crippen LogP contribution is 2.35. The van der Waals surface area contributed by atoms with Crippen LogP contribution in [-0.2, 0) is 0 Å². The average Bonchev–Trinajstić information content (AvgIpc) is 2.74. The number of nitrogens with two attached hydrogens (primary N) is 2. The van der Waals surface area contributed by atoms with Crippen LogP contribution in [-0.4, -0.2) is 12.2 Å². The van der Waals surface area contributed by atoms with E-state index in [4.69, 9.17) is 21.2 Å². The van der Waals surface area contributed by atoms with E-state index in [1.807, 2.05) is 47.2 Å². The van der Waals surface area contributed by atoms with Gasteiger partial charge in [0.15, 0.2) is 0 Å². The monoisotopic (exact) mass is 378 g/mol. The topological polar surface area (TPSA) is 129 Å². The molecule has 3 rings (SSSR count). The van der Waals surface area contributed by atoms with Crippen molar-refractivity contribution in [3.05, 3.63) is 72.8 Å². The largest absolute Gasteiger partial charge is 0.426 e. The molecule has 8 nitrogen and oxygen atoms in total.